The Morgan fingerprint density at radius 2 is 1.96 bits per heavy atom. The van der Waals surface area contributed by atoms with Gasteiger partial charge in [0.15, 0.2) is 6.61 Å². The van der Waals surface area contributed by atoms with E-state index in [1.54, 1.807) is 18.2 Å². The average Bonchev–Trinajstić information content (AvgIpc) is 2.70. The highest BCUT2D eigenvalue weighted by molar-refractivity contribution is 6.31. The van der Waals surface area contributed by atoms with Crippen LogP contribution in [0.5, 0.6) is 5.75 Å². The van der Waals surface area contributed by atoms with Crippen LogP contribution in [0.25, 0.3) is 0 Å². The lowest BCUT2D eigenvalue weighted by Crippen LogP contribution is -2.53. The minimum absolute atomic E-state index is 0.0252. The van der Waals surface area contributed by atoms with E-state index in [0.717, 1.165) is 18.7 Å². The van der Waals surface area contributed by atoms with Crippen LogP contribution in [0.2, 0.25) is 5.02 Å². The van der Waals surface area contributed by atoms with Crippen molar-refractivity contribution in [3.63, 3.8) is 0 Å². The fourth-order valence-corrected chi connectivity index (χ4v) is 3.92. The number of ether oxygens (including phenoxy) is 1. The number of anilines is 1. The molecule has 0 aliphatic carbocycles. The van der Waals surface area contributed by atoms with Crippen LogP contribution in [-0.4, -0.2) is 61.4 Å². The fraction of sp³-hybridized carbons (Fsp3) is 0.333. The Bertz CT molecular complexity index is 890. The lowest BCUT2D eigenvalue weighted by molar-refractivity contribution is -0.136. The third kappa shape index (κ3) is 3.70. The van der Waals surface area contributed by atoms with E-state index in [1.165, 1.54) is 4.90 Å². The van der Waals surface area contributed by atoms with Gasteiger partial charge in [-0.05, 0) is 30.8 Å². The summed E-state index contributed by atoms with van der Waals surface area (Å²) in [6.07, 6.45) is 0. The van der Waals surface area contributed by atoms with Gasteiger partial charge in [-0.25, -0.2) is 0 Å². The third-order valence-corrected chi connectivity index (χ3v) is 5.48. The molecule has 0 unspecified atom stereocenters. The summed E-state index contributed by atoms with van der Waals surface area (Å²) in [5.41, 5.74) is 1.64. The zero-order valence-corrected chi connectivity index (χ0v) is 16.4. The maximum atomic E-state index is 13.2. The second-order valence-electron chi connectivity index (χ2n) is 7.16. The van der Waals surface area contributed by atoms with E-state index >= 15 is 0 Å². The van der Waals surface area contributed by atoms with Crippen molar-refractivity contribution in [2.75, 3.05) is 44.7 Å². The van der Waals surface area contributed by atoms with Gasteiger partial charge in [0.25, 0.3) is 5.91 Å². The molecule has 0 aromatic heterocycles. The lowest BCUT2D eigenvalue weighted by atomic mass is 10.0. The molecule has 4 rings (SSSR count). The van der Waals surface area contributed by atoms with Gasteiger partial charge in [0.2, 0.25) is 5.91 Å². The number of carbonyl (C=O) groups is 2. The van der Waals surface area contributed by atoms with Crippen molar-refractivity contribution in [3.8, 4) is 5.75 Å². The number of halogens is 1. The number of nitrogens with zero attached hydrogens (tertiary/aromatic N) is 3. The number of amides is 2. The number of hydrogen-bond donors (Lipinski definition) is 0. The molecule has 0 radical (unpaired) electrons. The Hall–Kier alpha value is -2.57. The number of hydrogen-bond acceptors (Lipinski definition) is 4. The standard InChI is InChI=1S/C21H22ClN3O3/c1-23-9-10-24(18(12-23)15-5-3-2-4-6-15)20(26)13-25-17-11-16(22)7-8-19(17)28-14-21(25)27/h2-8,11,18H,9-10,12-14H2,1H3/t18-/m0/s1. The molecule has 6 nitrogen and oxygen atoms in total. The minimum Gasteiger partial charge on any atom is -0.482 e. The molecule has 0 spiro atoms. The predicted octanol–water partition coefficient (Wildman–Crippen LogP) is 2.58. The van der Waals surface area contributed by atoms with Gasteiger partial charge in [0.1, 0.15) is 12.3 Å². The van der Waals surface area contributed by atoms with E-state index in [9.17, 15) is 9.59 Å². The van der Waals surface area contributed by atoms with Crippen molar-refractivity contribution < 1.29 is 14.3 Å². The predicted molar refractivity (Wildman–Crippen MR) is 108 cm³/mol. The zero-order chi connectivity index (χ0) is 19.7. The van der Waals surface area contributed by atoms with E-state index in [4.69, 9.17) is 16.3 Å². The summed E-state index contributed by atoms with van der Waals surface area (Å²) in [7, 11) is 2.06. The van der Waals surface area contributed by atoms with Gasteiger partial charge < -0.3 is 14.5 Å². The number of likely N-dealkylation sites (N-methyl/N-ethyl adjacent to an activating group) is 1. The quantitative estimate of drug-likeness (QED) is 0.796. The van der Waals surface area contributed by atoms with E-state index in [2.05, 4.69) is 11.9 Å². The van der Waals surface area contributed by atoms with Crippen LogP contribution in [-0.2, 0) is 9.59 Å². The van der Waals surface area contributed by atoms with Gasteiger partial charge in [-0.1, -0.05) is 41.9 Å². The first kappa shape index (κ1) is 18.8. The van der Waals surface area contributed by atoms with Gasteiger partial charge in [-0.2, -0.15) is 0 Å². The number of rotatable bonds is 3. The molecule has 1 saturated heterocycles. The zero-order valence-electron chi connectivity index (χ0n) is 15.7. The van der Waals surface area contributed by atoms with Gasteiger partial charge in [0, 0.05) is 24.7 Å². The molecule has 28 heavy (non-hydrogen) atoms. The average molecular weight is 400 g/mol. The highest BCUT2D eigenvalue weighted by atomic mass is 35.5. The summed E-state index contributed by atoms with van der Waals surface area (Å²) in [4.78, 5) is 31.3. The summed E-state index contributed by atoms with van der Waals surface area (Å²) in [5, 5.41) is 0.497. The maximum absolute atomic E-state index is 13.2. The second kappa shape index (κ2) is 7.81. The molecule has 2 aliphatic heterocycles. The van der Waals surface area contributed by atoms with Crippen molar-refractivity contribution >= 4 is 29.1 Å². The molecule has 1 fully saturated rings. The monoisotopic (exact) mass is 399 g/mol. The Morgan fingerprint density at radius 3 is 2.75 bits per heavy atom. The molecule has 1 atom stereocenters. The molecule has 2 amide bonds. The van der Waals surface area contributed by atoms with Crippen molar-refractivity contribution in [1.29, 1.82) is 0 Å². The van der Waals surface area contributed by atoms with Crippen LogP contribution in [0.3, 0.4) is 0 Å². The summed E-state index contributed by atoms with van der Waals surface area (Å²) < 4.78 is 5.47. The highest BCUT2D eigenvalue weighted by Crippen LogP contribution is 2.35. The number of piperazine rings is 1. The molecule has 146 valence electrons. The van der Waals surface area contributed by atoms with Crippen molar-refractivity contribution in [2.45, 2.75) is 6.04 Å². The topological polar surface area (TPSA) is 53.1 Å². The smallest absolute Gasteiger partial charge is 0.265 e. The van der Waals surface area contributed by atoms with Crippen molar-refractivity contribution in [2.24, 2.45) is 0 Å². The van der Waals surface area contributed by atoms with E-state index in [1.807, 2.05) is 35.2 Å². The SMILES string of the molecule is CN1CCN(C(=O)CN2C(=O)COc3ccc(Cl)cc32)[C@H](c2ccccc2)C1. The molecule has 2 aromatic carbocycles. The molecule has 0 N–H and O–H groups in total. The second-order valence-corrected chi connectivity index (χ2v) is 7.59. The third-order valence-electron chi connectivity index (χ3n) is 5.25. The minimum atomic E-state index is -0.242. The Labute approximate surface area is 169 Å². The first-order valence-electron chi connectivity index (χ1n) is 9.28. The number of fused-ring (bicyclic) bond motifs is 1. The van der Waals surface area contributed by atoms with E-state index in [0.29, 0.717) is 23.0 Å². The summed E-state index contributed by atoms with van der Waals surface area (Å²) in [5.74, 6) is 0.242. The Balaban J connectivity index is 1.59. The van der Waals surface area contributed by atoms with Crippen LogP contribution < -0.4 is 9.64 Å². The number of carbonyl (C=O) groups excluding carboxylic acids is 2. The Kier molecular flexibility index (Phi) is 5.24. The van der Waals surface area contributed by atoms with E-state index < -0.39 is 0 Å². The van der Waals surface area contributed by atoms with Crippen molar-refractivity contribution in [3.05, 3.63) is 59.1 Å². The van der Waals surface area contributed by atoms with Crippen molar-refractivity contribution in [1.82, 2.24) is 9.80 Å². The lowest BCUT2D eigenvalue weighted by Gasteiger charge is -2.41. The normalized spacial score (nSPS) is 19.9. The summed E-state index contributed by atoms with van der Waals surface area (Å²) >= 11 is 6.10. The molecule has 2 aliphatic rings. The van der Waals surface area contributed by atoms with Gasteiger partial charge in [-0.3, -0.25) is 14.5 Å². The number of benzene rings is 2. The van der Waals surface area contributed by atoms with Crippen LogP contribution in [0, 0.1) is 0 Å². The first-order valence-corrected chi connectivity index (χ1v) is 9.66. The molecule has 0 saturated carbocycles. The molecule has 7 heteroatoms. The van der Waals surface area contributed by atoms with E-state index in [-0.39, 0.29) is 31.0 Å². The van der Waals surface area contributed by atoms with Crippen LogP contribution in [0.15, 0.2) is 48.5 Å². The molecule has 2 aromatic rings. The Morgan fingerprint density at radius 1 is 1.18 bits per heavy atom. The molecular formula is C21H22ClN3O3. The molecular weight excluding hydrogens is 378 g/mol. The van der Waals surface area contributed by atoms with Crippen LogP contribution in [0.1, 0.15) is 11.6 Å². The van der Waals surface area contributed by atoms with Gasteiger partial charge in [0.05, 0.1) is 11.7 Å². The largest absolute Gasteiger partial charge is 0.482 e. The summed E-state index contributed by atoms with van der Waals surface area (Å²) in [6.45, 7) is 2.08. The van der Waals surface area contributed by atoms with Crippen LogP contribution in [0.4, 0.5) is 5.69 Å². The maximum Gasteiger partial charge on any atom is 0.265 e. The van der Waals surface area contributed by atoms with Crippen LogP contribution >= 0.6 is 11.6 Å². The first-order chi connectivity index (χ1) is 13.5. The van der Waals surface area contributed by atoms with Gasteiger partial charge >= 0.3 is 0 Å². The fourth-order valence-electron chi connectivity index (χ4n) is 3.75. The highest BCUT2D eigenvalue weighted by Gasteiger charge is 2.34. The summed E-state index contributed by atoms with van der Waals surface area (Å²) in [6, 6.07) is 15.1. The molecule has 2 heterocycles. The molecule has 0 bridgehead atoms. The van der Waals surface area contributed by atoms with Gasteiger partial charge in [-0.15, -0.1) is 0 Å².